The third kappa shape index (κ3) is 5.09. The van der Waals surface area contributed by atoms with Gasteiger partial charge in [-0.1, -0.05) is 93.6 Å². The molecule has 0 radical (unpaired) electrons. The molecule has 0 aromatic heterocycles. The molecule has 36 heavy (non-hydrogen) atoms. The minimum Gasteiger partial charge on any atom is -0.472 e. The molecular weight excluding hydrogens is 462 g/mol. The number of unbranched alkanes of at least 4 members (excludes halogenated alkanes) is 2. The molecule has 0 N–H and O–H groups in total. The molecule has 2 atom stereocenters. The van der Waals surface area contributed by atoms with Crippen LogP contribution in [-0.4, -0.2) is 38.0 Å². The standard InChI is InChI=1S/C31H41NO3Si/c1-6-7-8-9-16-21-27-24(2)29(33)32-23-22-28(30(32)34-27)35-36(31(3,4)5,25-17-12-10-13-18-25)26-19-14-11-15-20-26/h6-7,10-15,17-20,28,30H,8-9,16,21-23H2,1-5H3/b7-6+/t28-,30+/m0/s1. The van der Waals surface area contributed by atoms with Crippen LogP contribution in [0.1, 0.15) is 66.7 Å². The van der Waals surface area contributed by atoms with Crippen molar-refractivity contribution in [3.05, 3.63) is 84.1 Å². The second-order valence-corrected chi connectivity index (χ2v) is 15.2. The van der Waals surface area contributed by atoms with Gasteiger partial charge in [-0.15, -0.1) is 0 Å². The Labute approximate surface area is 218 Å². The number of allylic oxidation sites excluding steroid dienone is 3. The Bertz CT molecular complexity index is 1050. The summed E-state index contributed by atoms with van der Waals surface area (Å²) >= 11 is 0. The number of carbonyl (C=O) groups is 1. The molecule has 0 spiro atoms. The number of benzene rings is 2. The molecule has 0 bridgehead atoms. The Morgan fingerprint density at radius 3 is 2.19 bits per heavy atom. The summed E-state index contributed by atoms with van der Waals surface area (Å²) in [6, 6.07) is 21.4. The fourth-order valence-electron chi connectivity index (χ4n) is 5.66. The van der Waals surface area contributed by atoms with E-state index in [-0.39, 0.29) is 23.3 Å². The van der Waals surface area contributed by atoms with Gasteiger partial charge < -0.3 is 14.1 Å². The number of hydrogen-bond acceptors (Lipinski definition) is 3. The maximum Gasteiger partial charge on any atom is 0.261 e. The first-order valence-electron chi connectivity index (χ1n) is 13.4. The van der Waals surface area contributed by atoms with Crippen molar-refractivity contribution in [1.82, 2.24) is 4.90 Å². The van der Waals surface area contributed by atoms with E-state index in [1.54, 1.807) is 0 Å². The number of nitrogens with zero attached hydrogens (tertiary/aromatic N) is 1. The fourth-order valence-corrected chi connectivity index (χ4v) is 10.4. The van der Waals surface area contributed by atoms with Gasteiger partial charge in [0.15, 0.2) is 6.23 Å². The van der Waals surface area contributed by atoms with Crippen LogP contribution in [0.2, 0.25) is 5.04 Å². The molecule has 2 aliphatic rings. The summed E-state index contributed by atoms with van der Waals surface area (Å²) in [5, 5.41) is 2.38. The van der Waals surface area contributed by atoms with Crippen molar-refractivity contribution in [1.29, 1.82) is 0 Å². The van der Waals surface area contributed by atoms with Crippen molar-refractivity contribution in [3.63, 3.8) is 0 Å². The summed E-state index contributed by atoms with van der Waals surface area (Å²) in [5.74, 6) is 0.947. The molecule has 2 heterocycles. The molecule has 192 valence electrons. The van der Waals surface area contributed by atoms with E-state index < -0.39 is 8.32 Å². The van der Waals surface area contributed by atoms with Gasteiger partial charge in [0.1, 0.15) is 11.9 Å². The zero-order valence-electron chi connectivity index (χ0n) is 22.5. The Balaban J connectivity index is 1.66. The molecule has 1 fully saturated rings. The van der Waals surface area contributed by atoms with Crippen LogP contribution >= 0.6 is 0 Å². The highest BCUT2D eigenvalue weighted by Gasteiger charge is 2.55. The van der Waals surface area contributed by atoms with Gasteiger partial charge in [0.05, 0.1) is 5.57 Å². The molecule has 0 unspecified atom stereocenters. The lowest BCUT2D eigenvalue weighted by molar-refractivity contribution is -0.144. The number of carbonyl (C=O) groups excluding carboxylic acids is 1. The molecule has 1 amide bonds. The maximum absolute atomic E-state index is 13.3. The van der Waals surface area contributed by atoms with E-state index >= 15 is 0 Å². The first kappa shape index (κ1) is 26.4. The number of hydrogen-bond donors (Lipinski definition) is 0. The lowest BCUT2D eigenvalue weighted by Gasteiger charge is -2.46. The van der Waals surface area contributed by atoms with Crippen LogP contribution in [0.5, 0.6) is 0 Å². The van der Waals surface area contributed by atoms with Gasteiger partial charge in [0.2, 0.25) is 0 Å². The van der Waals surface area contributed by atoms with E-state index in [9.17, 15) is 4.79 Å². The molecule has 4 rings (SSSR count). The normalized spacial score (nSPS) is 20.7. The lowest BCUT2D eigenvalue weighted by Crippen LogP contribution is -2.68. The van der Waals surface area contributed by atoms with Crippen LogP contribution in [0.3, 0.4) is 0 Å². The number of fused-ring (bicyclic) bond motifs is 1. The van der Waals surface area contributed by atoms with Gasteiger partial charge in [-0.2, -0.15) is 0 Å². The average Bonchev–Trinajstić information content (AvgIpc) is 3.28. The minimum absolute atomic E-state index is 0.100. The van der Waals surface area contributed by atoms with Crippen LogP contribution in [0.15, 0.2) is 84.1 Å². The summed E-state index contributed by atoms with van der Waals surface area (Å²) < 4.78 is 14.0. The van der Waals surface area contributed by atoms with Crippen molar-refractivity contribution in [2.75, 3.05) is 6.54 Å². The van der Waals surface area contributed by atoms with Gasteiger partial charge in [-0.05, 0) is 54.9 Å². The van der Waals surface area contributed by atoms with Gasteiger partial charge >= 0.3 is 0 Å². The highest BCUT2D eigenvalue weighted by Crippen LogP contribution is 2.41. The smallest absolute Gasteiger partial charge is 0.261 e. The molecule has 2 aromatic rings. The quantitative estimate of drug-likeness (QED) is 0.242. The number of rotatable bonds is 9. The third-order valence-corrected chi connectivity index (χ3v) is 12.6. The molecule has 4 nitrogen and oxygen atoms in total. The topological polar surface area (TPSA) is 38.8 Å². The molecule has 2 aliphatic heterocycles. The highest BCUT2D eigenvalue weighted by atomic mass is 28.4. The molecule has 1 saturated heterocycles. The van der Waals surface area contributed by atoms with Gasteiger partial charge in [0.25, 0.3) is 14.2 Å². The average molecular weight is 504 g/mol. The Morgan fingerprint density at radius 1 is 1.03 bits per heavy atom. The van der Waals surface area contributed by atoms with E-state index in [4.69, 9.17) is 9.16 Å². The first-order chi connectivity index (χ1) is 17.3. The van der Waals surface area contributed by atoms with Crippen molar-refractivity contribution in [2.45, 2.75) is 84.1 Å². The predicted octanol–water partition coefficient (Wildman–Crippen LogP) is 5.93. The van der Waals surface area contributed by atoms with E-state index in [0.717, 1.165) is 43.4 Å². The summed E-state index contributed by atoms with van der Waals surface area (Å²) in [6.07, 6.45) is 8.49. The zero-order chi connectivity index (χ0) is 25.8. The van der Waals surface area contributed by atoms with Crippen LogP contribution in [0.25, 0.3) is 0 Å². The monoisotopic (exact) mass is 503 g/mol. The first-order valence-corrected chi connectivity index (χ1v) is 15.3. The number of amides is 1. The van der Waals surface area contributed by atoms with E-state index in [1.807, 2.05) is 11.8 Å². The summed E-state index contributed by atoms with van der Waals surface area (Å²) in [5.41, 5.74) is 0.753. The fraction of sp³-hybridized carbons (Fsp3) is 0.452. The molecule has 0 saturated carbocycles. The zero-order valence-corrected chi connectivity index (χ0v) is 23.5. The predicted molar refractivity (Wildman–Crippen MR) is 150 cm³/mol. The minimum atomic E-state index is -2.73. The molecule has 0 aliphatic carbocycles. The van der Waals surface area contributed by atoms with Crippen LogP contribution in [-0.2, 0) is 14.0 Å². The molecular formula is C31H41NO3Si. The van der Waals surface area contributed by atoms with Crippen molar-refractivity contribution in [2.24, 2.45) is 0 Å². The second kappa shape index (κ2) is 11.2. The second-order valence-electron chi connectivity index (χ2n) is 11.0. The maximum atomic E-state index is 13.3. The molecule has 2 aromatic carbocycles. The van der Waals surface area contributed by atoms with Crippen LogP contribution in [0.4, 0.5) is 0 Å². The van der Waals surface area contributed by atoms with Crippen molar-refractivity contribution < 1.29 is 14.0 Å². The van der Waals surface area contributed by atoms with Crippen LogP contribution in [0, 0.1) is 0 Å². The lowest BCUT2D eigenvalue weighted by atomic mass is 10.1. The van der Waals surface area contributed by atoms with E-state index in [0.29, 0.717) is 6.54 Å². The van der Waals surface area contributed by atoms with E-state index in [2.05, 4.69) is 101 Å². The summed E-state index contributed by atoms with van der Waals surface area (Å²) in [7, 11) is -2.73. The van der Waals surface area contributed by atoms with Gasteiger partial charge in [-0.25, -0.2) is 0 Å². The van der Waals surface area contributed by atoms with Crippen LogP contribution < -0.4 is 10.4 Å². The molecule has 5 heteroatoms. The summed E-state index contributed by atoms with van der Waals surface area (Å²) in [4.78, 5) is 15.2. The third-order valence-electron chi connectivity index (χ3n) is 7.55. The Kier molecular flexibility index (Phi) is 8.21. The Morgan fingerprint density at radius 2 is 1.64 bits per heavy atom. The van der Waals surface area contributed by atoms with Gasteiger partial charge in [0, 0.05) is 13.0 Å². The van der Waals surface area contributed by atoms with Crippen molar-refractivity contribution in [3.8, 4) is 0 Å². The Hall–Kier alpha value is -2.63. The SMILES string of the molecule is C/C=C/CCCCC1=C(C)C(=O)N2CC[C@H](O[Si](c3ccccc3)(c3ccccc3)C(C)(C)C)[C@H]2O1. The van der Waals surface area contributed by atoms with E-state index in [1.165, 1.54) is 10.4 Å². The summed E-state index contributed by atoms with van der Waals surface area (Å²) in [6.45, 7) is 11.5. The van der Waals surface area contributed by atoms with Crippen molar-refractivity contribution >= 4 is 24.6 Å². The van der Waals surface area contributed by atoms with Gasteiger partial charge in [-0.3, -0.25) is 4.79 Å². The highest BCUT2D eigenvalue weighted by molar-refractivity contribution is 6.99. The number of ether oxygens (including phenoxy) is 1. The largest absolute Gasteiger partial charge is 0.472 e.